The highest BCUT2D eigenvalue weighted by molar-refractivity contribution is 5.87. The van der Waals surface area contributed by atoms with Crippen molar-refractivity contribution in [1.29, 1.82) is 0 Å². The predicted molar refractivity (Wildman–Crippen MR) is 128 cm³/mol. The fraction of sp³-hybridized carbons (Fsp3) is 0.379. The zero-order chi connectivity index (χ0) is 20.4. The van der Waals surface area contributed by atoms with E-state index in [1.807, 2.05) is 6.08 Å². The van der Waals surface area contributed by atoms with Gasteiger partial charge in [0.25, 0.3) is 0 Å². The Bertz CT molecular complexity index is 981. The molecule has 0 N–H and O–H groups in total. The first-order chi connectivity index (χ1) is 14.0. The van der Waals surface area contributed by atoms with Gasteiger partial charge in [-0.05, 0) is 88.5 Å². The summed E-state index contributed by atoms with van der Waals surface area (Å²) in [6, 6.07) is 11.9. The molecule has 0 saturated carbocycles. The number of fused-ring (bicyclic) bond motifs is 3. The second-order valence-electron chi connectivity index (χ2n) is 9.44. The number of hydrogen-bond acceptors (Lipinski definition) is 0. The monoisotopic (exact) mass is 382 g/mol. The first-order valence-corrected chi connectivity index (χ1v) is 11.3. The minimum absolute atomic E-state index is 0.275. The summed E-state index contributed by atoms with van der Waals surface area (Å²) < 4.78 is 0. The topological polar surface area (TPSA) is 0 Å². The number of benzene rings is 2. The van der Waals surface area contributed by atoms with Gasteiger partial charge in [0, 0.05) is 0 Å². The molecule has 0 nitrogen and oxygen atoms in total. The molecular formula is C29H34. The molecule has 0 heteroatoms. The van der Waals surface area contributed by atoms with Crippen LogP contribution < -0.4 is 0 Å². The summed E-state index contributed by atoms with van der Waals surface area (Å²) in [5, 5.41) is 0. The van der Waals surface area contributed by atoms with Crippen LogP contribution in [-0.4, -0.2) is 0 Å². The van der Waals surface area contributed by atoms with Gasteiger partial charge in [0.2, 0.25) is 0 Å². The molecule has 0 heterocycles. The summed E-state index contributed by atoms with van der Waals surface area (Å²) >= 11 is 0. The van der Waals surface area contributed by atoms with Gasteiger partial charge in [-0.2, -0.15) is 0 Å². The highest BCUT2D eigenvalue weighted by Crippen LogP contribution is 2.39. The molecule has 4 rings (SSSR count). The van der Waals surface area contributed by atoms with Gasteiger partial charge in [-0.15, -0.1) is 6.58 Å². The van der Waals surface area contributed by atoms with E-state index in [1.165, 1.54) is 45.4 Å². The summed E-state index contributed by atoms with van der Waals surface area (Å²) in [5.74, 6) is 0. The highest BCUT2D eigenvalue weighted by Gasteiger charge is 2.24. The molecule has 2 aliphatic carbocycles. The predicted octanol–water partition coefficient (Wildman–Crippen LogP) is 7.84. The first-order valence-electron chi connectivity index (χ1n) is 11.3. The van der Waals surface area contributed by atoms with E-state index in [0.717, 1.165) is 38.5 Å². The fourth-order valence-corrected chi connectivity index (χ4v) is 4.97. The quantitative estimate of drug-likeness (QED) is 0.446. The molecule has 0 radical (unpaired) electrons. The van der Waals surface area contributed by atoms with Crippen molar-refractivity contribution in [3.63, 3.8) is 0 Å². The van der Waals surface area contributed by atoms with Gasteiger partial charge in [0.15, 0.2) is 0 Å². The van der Waals surface area contributed by atoms with Crippen molar-refractivity contribution in [1.82, 2.24) is 0 Å². The molecular weight excluding hydrogens is 348 g/mol. The molecule has 0 unspecified atom stereocenters. The van der Waals surface area contributed by atoms with E-state index in [9.17, 15) is 0 Å². The van der Waals surface area contributed by atoms with Gasteiger partial charge in [-0.1, -0.05) is 81.8 Å². The number of rotatable bonds is 6. The van der Waals surface area contributed by atoms with Crippen LogP contribution in [0.1, 0.15) is 79.0 Å². The Morgan fingerprint density at radius 3 is 2.72 bits per heavy atom. The van der Waals surface area contributed by atoms with Crippen LogP contribution in [0.25, 0.3) is 17.7 Å². The smallest absolute Gasteiger partial charge is 0.0131 e. The molecule has 0 amide bonds. The lowest BCUT2D eigenvalue weighted by molar-refractivity contribution is 0.474. The Hall–Kier alpha value is -2.34. The van der Waals surface area contributed by atoms with Gasteiger partial charge < -0.3 is 0 Å². The van der Waals surface area contributed by atoms with E-state index < -0.39 is 0 Å². The molecule has 29 heavy (non-hydrogen) atoms. The lowest BCUT2D eigenvalue weighted by Gasteiger charge is -2.29. The largest absolute Gasteiger partial charge is 0.103 e. The van der Waals surface area contributed by atoms with Crippen LogP contribution in [0.3, 0.4) is 0 Å². The summed E-state index contributed by atoms with van der Waals surface area (Å²) in [6.07, 6.45) is 17.2. The summed E-state index contributed by atoms with van der Waals surface area (Å²) in [5.41, 5.74) is 12.2. The Morgan fingerprint density at radius 1 is 1.07 bits per heavy atom. The molecule has 0 aliphatic heterocycles. The third kappa shape index (κ3) is 4.17. The Labute approximate surface area is 177 Å². The van der Waals surface area contributed by atoms with Crippen LogP contribution in [0, 0.1) is 5.41 Å². The van der Waals surface area contributed by atoms with Gasteiger partial charge in [-0.3, -0.25) is 0 Å². The van der Waals surface area contributed by atoms with Crippen LogP contribution in [0.2, 0.25) is 0 Å². The minimum Gasteiger partial charge on any atom is -0.103 e. The molecule has 0 atom stereocenters. The SMILES string of the molecule is C=CCCc1cc(CCC)ccc1C1=Cc2ccc3c(c2CC1)C=CC(C)(C)C3. The molecule has 0 aromatic heterocycles. The second kappa shape index (κ2) is 8.19. The van der Waals surface area contributed by atoms with Crippen molar-refractivity contribution >= 4 is 17.7 Å². The maximum Gasteiger partial charge on any atom is -0.0131 e. The highest BCUT2D eigenvalue weighted by atomic mass is 14.3. The van der Waals surface area contributed by atoms with E-state index in [-0.39, 0.29) is 5.41 Å². The van der Waals surface area contributed by atoms with E-state index in [1.54, 1.807) is 5.56 Å². The third-order valence-corrected chi connectivity index (χ3v) is 6.48. The second-order valence-corrected chi connectivity index (χ2v) is 9.44. The van der Waals surface area contributed by atoms with Crippen LogP contribution in [0.4, 0.5) is 0 Å². The summed E-state index contributed by atoms with van der Waals surface area (Å²) in [4.78, 5) is 0. The first kappa shape index (κ1) is 20.0. The van der Waals surface area contributed by atoms with E-state index in [0.29, 0.717) is 0 Å². The van der Waals surface area contributed by atoms with Gasteiger partial charge >= 0.3 is 0 Å². The summed E-state index contributed by atoms with van der Waals surface area (Å²) in [6.45, 7) is 10.9. The number of allylic oxidation sites excluding steroid dienone is 3. The summed E-state index contributed by atoms with van der Waals surface area (Å²) in [7, 11) is 0. The van der Waals surface area contributed by atoms with Crippen molar-refractivity contribution in [3.05, 3.63) is 88.0 Å². The average molecular weight is 383 g/mol. The van der Waals surface area contributed by atoms with E-state index in [2.05, 4.69) is 75.9 Å². The Balaban J connectivity index is 1.72. The molecule has 2 aromatic rings. The van der Waals surface area contributed by atoms with Crippen molar-refractivity contribution in [3.8, 4) is 0 Å². The van der Waals surface area contributed by atoms with Gasteiger partial charge in [0.1, 0.15) is 0 Å². The molecule has 2 aromatic carbocycles. The Morgan fingerprint density at radius 2 is 1.93 bits per heavy atom. The van der Waals surface area contributed by atoms with Crippen molar-refractivity contribution < 1.29 is 0 Å². The minimum atomic E-state index is 0.275. The zero-order valence-electron chi connectivity index (χ0n) is 18.4. The van der Waals surface area contributed by atoms with Gasteiger partial charge in [-0.25, -0.2) is 0 Å². The van der Waals surface area contributed by atoms with E-state index >= 15 is 0 Å². The maximum atomic E-state index is 3.94. The molecule has 150 valence electrons. The molecule has 0 spiro atoms. The average Bonchev–Trinajstić information content (AvgIpc) is 2.71. The van der Waals surface area contributed by atoms with Crippen LogP contribution in [0.5, 0.6) is 0 Å². The Kier molecular flexibility index (Phi) is 5.63. The van der Waals surface area contributed by atoms with Crippen LogP contribution in [0.15, 0.2) is 49.1 Å². The maximum absolute atomic E-state index is 3.94. The van der Waals surface area contributed by atoms with E-state index in [4.69, 9.17) is 0 Å². The van der Waals surface area contributed by atoms with Crippen molar-refractivity contribution in [2.24, 2.45) is 5.41 Å². The van der Waals surface area contributed by atoms with Crippen LogP contribution >= 0.6 is 0 Å². The lowest BCUT2D eigenvalue weighted by Crippen LogP contribution is -2.17. The number of aryl methyl sites for hydroxylation is 2. The molecule has 0 bridgehead atoms. The van der Waals surface area contributed by atoms with Crippen molar-refractivity contribution in [2.75, 3.05) is 0 Å². The van der Waals surface area contributed by atoms with Crippen molar-refractivity contribution in [2.45, 2.75) is 65.7 Å². The molecule has 2 aliphatic rings. The standard InChI is InChI=1S/C29H34/c1-5-7-9-22-18-21(8-6-2)10-14-26(22)23-13-15-27-24(19-23)11-12-25-20-29(3,4)17-16-28(25)27/h5,10-12,14,16-19H,1,6-9,13,15,20H2,2-4H3. The lowest BCUT2D eigenvalue weighted by atomic mass is 9.75. The molecule has 0 saturated heterocycles. The third-order valence-electron chi connectivity index (χ3n) is 6.48. The fourth-order valence-electron chi connectivity index (χ4n) is 4.97. The molecule has 0 fully saturated rings. The number of hydrogen-bond donors (Lipinski definition) is 0. The van der Waals surface area contributed by atoms with Crippen LogP contribution in [-0.2, 0) is 25.7 Å². The normalized spacial score (nSPS) is 16.7. The van der Waals surface area contributed by atoms with Gasteiger partial charge in [0.05, 0.1) is 0 Å². The zero-order valence-corrected chi connectivity index (χ0v) is 18.4.